The fourth-order valence-corrected chi connectivity index (χ4v) is 10.6. The Bertz CT molecular complexity index is 8170. The largest absolute Gasteiger partial charge is 0.354 e. The van der Waals surface area contributed by atoms with E-state index in [1.165, 1.54) is 61.3 Å². The van der Waals surface area contributed by atoms with Crippen LogP contribution in [0, 0.1) is 62.4 Å². The van der Waals surface area contributed by atoms with Crippen molar-refractivity contribution in [1.29, 1.82) is 0 Å². The van der Waals surface area contributed by atoms with Crippen LogP contribution in [-0.2, 0) is 24.0 Å². The molecule has 35 heteroatoms. The smallest absolute Gasteiger partial charge is 0.302 e. The zero-order valence-electron chi connectivity index (χ0n) is 120. The van der Waals surface area contributed by atoms with E-state index in [0.717, 1.165) is 71.5 Å². The molecule has 35 nitrogen and oxygen atoms in total. The summed E-state index contributed by atoms with van der Waals surface area (Å²) in [7, 11) is 3.08. The van der Waals surface area contributed by atoms with Crippen LogP contribution < -0.4 is 24.5 Å². The fraction of sp³-hybridized carbons (Fsp3) is 0.500. The van der Waals surface area contributed by atoms with E-state index in [2.05, 4.69) is 99.0 Å². The number of aromatic nitrogens is 15. The van der Waals surface area contributed by atoms with Crippen molar-refractivity contribution in [2.24, 2.45) is 29.5 Å². The molecule has 0 aromatic carbocycles. The number of carbonyl (C=O) groups is 5. The van der Waals surface area contributed by atoms with Crippen LogP contribution in [0.5, 0.6) is 0 Å². The van der Waals surface area contributed by atoms with Gasteiger partial charge in [0, 0.05) is 182 Å². The van der Waals surface area contributed by atoms with E-state index in [9.17, 15) is 24.0 Å². The summed E-state index contributed by atoms with van der Waals surface area (Å²) in [5, 5.41) is 0.665. The first kappa shape index (κ1) is 35.1. The van der Waals surface area contributed by atoms with Gasteiger partial charge in [0.1, 0.15) is 103 Å². The molecule has 15 rings (SSSR count). The Kier molecular flexibility index (Phi) is 11.7. The third-order valence-electron chi connectivity index (χ3n) is 16.0. The number of H-pyrrole nitrogens is 5. The highest BCUT2D eigenvalue weighted by Crippen LogP contribution is 2.35. The zero-order valence-corrected chi connectivity index (χ0v) is 59.8. The molecular weight excluding hydrogens is 1460 g/mol. The summed E-state index contributed by atoms with van der Waals surface area (Å²) in [6.45, 7) is -35.5. The maximum Gasteiger partial charge on any atom is 0.302 e. The summed E-state index contributed by atoms with van der Waals surface area (Å²) in [5.41, 5.74) is 0.888. The number of piperidine rings is 5. The van der Waals surface area contributed by atoms with Crippen LogP contribution >= 0.6 is 0 Å². The highest BCUT2D eigenvalue weighted by Gasteiger charge is 2.39. The van der Waals surface area contributed by atoms with Crippen molar-refractivity contribution in [2.75, 3.05) is 157 Å². The number of rotatable bonds is 15. The Morgan fingerprint density at radius 3 is 0.983 bits per heavy atom. The molecule has 0 unspecified atom stereocenters. The molecule has 5 N–H and O–H groups in total. The standard InChI is InChI=1S/5C16H20N6O/c5*1-11-5-7-22(14(23)8-17-2)9-13(11)21(3)16-12-4-6-18-15(12)19-10-20-16/h5*4,6,10-11,13H,5,7-9H2,1,3H3,(H,18,19,20)/t5*11-,13+/m11111/s1/i1D3,5D2,7D2,8D2,9D2,11D,13D;5D2,7D2,8D2,9D2,11D,13D;1D3,5D2,7D2,8D2,9D2,13D;1D3,3D3,5D2,7D2,8D2,9D2;3D3,5D2,7D2,8D2,9D2. The number of anilines is 5. The van der Waals surface area contributed by atoms with E-state index >= 15 is 0 Å². The molecule has 10 aromatic heterocycles. The number of hydrogen-bond acceptors (Lipinski definition) is 20. The minimum absolute atomic E-state index is 0.0396. The van der Waals surface area contributed by atoms with Crippen molar-refractivity contribution in [3.8, 4) is 0 Å². The molecule has 5 saturated heterocycles. The molecular formula is C80H100N30O5. The minimum Gasteiger partial charge on any atom is -0.354 e. The highest BCUT2D eigenvalue weighted by molar-refractivity contribution is 5.91. The monoisotopic (exact) mass is 1620 g/mol. The van der Waals surface area contributed by atoms with Gasteiger partial charge in [-0.05, 0) is 91.7 Å². The van der Waals surface area contributed by atoms with Gasteiger partial charge in [0.25, 0.3) is 32.5 Å². The zero-order chi connectivity index (χ0) is 135. The summed E-state index contributed by atoms with van der Waals surface area (Å²) in [6.07, 6.45) is -5.86. The van der Waals surface area contributed by atoms with Gasteiger partial charge in [-0.25, -0.2) is 82.7 Å². The Balaban J connectivity index is 0.000000204. The van der Waals surface area contributed by atoms with Crippen LogP contribution in [0.2, 0.25) is 0 Å². The number of nitrogens with zero attached hydrogens (tertiary/aromatic N) is 25. The lowest BCUT2D eigenvalue weighted by atomic mass is 9.92. The molecule has 10 atom stereocenters. The maximum absolute atomic E-state index is 13.0. The van der Waals surface area contributed by atoms with Crippen LogP contribution in [-0.4, -0.2) is 291 Å². The van der Waals surface area contributed by atoms with Gasteiger partial charge in [0.05, 0.1) is 74.9 Å². The lowest BCUT2D eigenvalue weighted by molar-refractivity contribution is -0.131. The van der Waals surface area contributed by atoms with Crippen LogP contribution in [0.4, 0.5) is 29.1 Å². The molecule has 0 saturated carbocycles. The minimum atomic E-state index is -4.04. The molecule has 15 heterocycles. The Hall–Kier alpha value is -13.1. The number of hydrogen-bond donors (Lipinski definition) is 5. The summed E-state index contributed by atoms with van der Waals surface area (Å²) < 4.78 is 495. The first-order chi connectivity index (χ1) is 78.5. The average molecular weight is 1620 g/mol. The molecule has 0 spiro atoms. The Morgan fingerprint density at radius 2 is 0.661 bits per heavy atom. The van der Waals surface area contributed by atoms with Crippen molar-refractivity contribution in [1.82, 2.24) is 99.3 Å². The number of likely N-dealkylation sites (N-methyl/N-ethyl adjacent to an activating group) is 5. The number of fused-ring (bicyclic) bond motifs is 5. The SMILES string of the molecule is [2H]C([2H])([N+]#[C-])C(=O)N1C([2H])([2H])C([2H])([2H])[C@@H](C([2H])([2H])[2H])[C@@]([2H])(N(C)c2ncnc3[nH]ccc23)C1([2H])[2H].[2H]C([2H])([N+]#[C-])C(=O)N1C([2H])([2H])C([2H])([2H])[C@@]([2H])(C([2H])([2H])[2H])[C@@]([2H])(N(C)c2ncnc3[nH]ccc23)C1([2H])[2H].[2H]C([2H])([N+]#[C-])C(=O)N1C([2H])([2H])C([2H])([2H])[C@@]([2H])(C)[C@@]([2H])(N(C)c2ncnc3[nH]ccc23)C1([2H])[2H].[2H]C([2H])([N+]#[C-])C(=O)N1C([2H])([2H])[C@H](N(c2ncnc3[nH]ccc23)C([2H])([2H])[2H])[C@H](C([2H])([2H])[2H])C([2H])([2H])C1([2H])[2H].[2H]C([2H])([N+]#[C-])C(=O)N1C([2H])([2H])[C@H](N(c2ncnc3[nH]ccc23)C([2H])([2H])[2H])[C@H](C)C([2H])([2H])C1([2H])[2H]. The second kappa shape index (κ2) is 38.4. The van der Waals surface area contributed by atoms with Gasteiger partial charge >= 0.3 is 29.5 Å². The molecule has 5 fully saturated rings. The van der Waals surface area contributed by atoms with Crippen molar-refractivity contribution >= 4 is 114 Å². The van der Waals surface area contributed by atoms with Gasteiger partial charge in [0.2, 0.25) is 0 Å². The summed E-state index contributed by atoms with van der Waals surface area (Å²) in [4.78, 5) is 130. The van der Waals surface area contributed by atoms with Gasteiger partial charge in [0.15, 0.2) is 0 Å². The molecule has 0 aliphatic carbocycles. The van der Waals surface area contributed by atoms with E-state index in [1.807, 2.05) is 0 Å². The van der Waals surface area contributed by atoms with Crippen LogP contribution in [0.1, 0.15) is 149 Å². The first-order valence-electron chi connectivity index (χ1n) is 62.4. The van der Waals surface area contributed by atoms with E-state index in [0.29, 0.717) is 14.7 Å². The predicted molar refractivity (Wildman–Crippen MR) is 440 cm³/mol. The fourth-order valence-electron chi connectivity index (χ4n) is 10.6. The lowest BCUT2D eigenvalue weighted by Crippen LogP contribution is -2.53. The third-order valence-corrected chi connectivity index (χ3v) is 16.0. The number of carbonyl (C=O) groups excluding carboxylic acids is 5. The van der Waals surface area contributed by atoms with Gasteiger partial charge < -0.3 is 98.1 Å². The van der Waals surface area contributed by atoms with Gasteiger partial charge in [-0.2, -0.15) is 0 Å². The topological polar surface area (TPSA) is 347 Å². The molecule has 10 aromatic rings. The number of amides is 5. The summed E-state index contributed by atoms with van der Waals surface area (Å²) >= 11 is 0. The van der Waals surface area contributed by atoms with Crippen LogP contribution in [0.15, 0.2) is 93.0 Å². The highest BCUT2D eigenvalue weighted by atomic mass is 16.2. The van der Waals surface area contributed by atoms with E-state index < -0.39 is 278 Å². The molecule has 5 aliphatic rings. The lowest BCUT2D eigenvalue weighted by Gasteiger charge is -2.41. The number of aromatic amines is 5. The first-order valence-corrected chi connectivity index (χ1v) is 32.4. The molecule has 5 aliphatic heterocycles. The molecule has 600 valence electrons. The van der Waals surface area contributed by atoms with E-state index in [4.69, 9.17) is 115 Å². The Labute approximate surface area is 752 Å². The van der Waals surface area contributed by atoms with Gasteiger partial charge in [-0.15, -0.1) is 0 Å². The number of likely N-dealkylation sites (tertiary alicyclic amines) is 5. The predicted octanol–water partition coefficient (Wildman–Crippen LogP) is 7.75. The summed E-state index contributed by atoms with van der Waals surface area (Å²) in [5.74, 6) is -26.1. The van der Waals surface area contributed by atoms with Crippen LogP contribution in [0.3, 0.4) is 0 Å². The van der Waals surface area contributed by atoms with Crippen LogP contribution in [0.25, 0.3) is 79.4 Å². The Morgan fingerprint density at radius 1 is 0.391 bits per heavy atom. The van der Waals surface area contributed by atoms with E-state index in [1.54, 1.807) is 0 Å². The van der Waals surface area contributed by atoms with Gasteiger partial charge in [-0.3, -0.25) is 24.0 Å². The maximum atomic E-state index is 13.0. The van der Waals surface area contributed by atoms with Gasteiger partial charge in [-0.1, -0.05) is 34.4 Å². The van der Waals surface area contributed by atoms with Crippen molar-refractivity contribution < 1.29 is 106 Å². The quantitative estimate of drug-likeness (QED) is 0.0612. The normalized spacial score (nSPS) is 39.8. The number of nitrogens with one attached hydrogen (secondary N) is 5. The van der Waals surface area contributed by atoms with Crippen molar-refractivity contribution in [2.45, 2.75) is 96.4 Å². The molecule has 115 heavy (non-hydrogen) atoms. The van der Waals surface area contributed by atoms with Crippen molar-refractivity contribution in [3.05, 3.63) is 150 Å². The average Bonchev–Trinajstić information content (AvgIpc) is 1.56. The molecule has 5 amide bonds. The summed E-state index contributed by atoms with van der Waals surface area (Å²) in [6, 6.07) is -7.89. The second-order valence-corrected chi connectivity index (χ2v) is 22.9. The van der Waals surface area contributed by atoms with E-state index in [-0.39, 0.29) is 88.2 Å². The molecule has 0 bridgehead atoms. The molecule has 0 radical (unpaired) electrons. The second-order valence-electron chi connectivity index (χ2n) is 22.9. The van der Waals surface area contributed by atoms with Crippen molar-refractivity contribution in [3.63, 3.8) is 0 Å². The third kappa shape index (κ3) is 19.2.